The molecular weight excluding hydrogens is 168 g/mol. The summed E-state index contributed by atoms with van der Waals surface area (Å²) in [6.45, 7) is 5.60. The molecule has 0 radical (unpaired) electrons. The topological polar surface area (TPSA) is 8.88 Å². The normalized spacial score (nSPS) is 43.2. The smallest absolute Gasteiger partial charge is 0.127 e. The van der Waals surface area contributed by atoms with E-state index in [1.54, 1.807) is 4.90 Å². The predicted molar refractivity (Wildman–Crippen MR) is 53.0 cm³/mol. The molecule has 2 saturated heterocycles. The number of thioether (sulfide) groups is 1. The zero-order valence-electron chi connectivity index (χ0n) is 7.94. The fourth-order valence-corrected chi connectivity index (χ4v) is 3.57. The first-order chi connectivity index (χ1) is 5.86. The van der Waals surface area contributed by atoms with Crippen LogP contribution in [-0.2, 0) is 0 Å². The predicted octanol–water partition coefficient (Wildman–Crippen LogP) is -2.09. The minimum atomic E-state index is 1.00. The molecule has 0 spiro atoms. The standard InChI is InChI=1S/C9H18N2S/c1-10-3-5-11(6-4-10)9-2-7-12-8-9/h9H,2-8H2,1H3/p+2/t9-/m1/s1. The fraction of sp³-hybridized carbons (Fsp3) is 1.00. The van der Waals surface area contributed by atoms with Crippen LogP contribution in [0.5, 0.6) is 0 Å². The lowest BCUT2D eigenvalue weighted by molar-refractivity contribution is -1.01. The van der Waals surface area contributed by atoms with E-state index >= 15 is 0 Å². The molecule has 0 bridgehead atoms. The van der Waals surface area contributed by atoms with Crippen molar-refractivity contribution >= 4 is 11.8 Å². The molecule has 2 aliphatic heterocycles. The molecule has 0 aromatic heterocycles. The van der Waals surface area contributed by atoms with E-state index < -0.39 is 0 Å². The van der Waals surface area contributed by atoms with Crippen molar-refractivity contribution in [3.8, 4) is 0 Å². The van der Waals surface area contributed by atoms with Gasteiger partial charge in [-0.05, 0) is 5.75 Å². The highest BCUT2D eigenvalue weighted by Gasteiger charge is 2.30. The molecule has 2 N–H and O–H groups in total. The van der Waals surface area contributed by atoms with Crippen molar-refractivity contribution in [2.45, 2.75) is 12.5 Å². The second-order valence-electron chi connectivity index (χ2n) is 4.18. The Balaban J connectivity index is 1.80. The summed E-state index contributed by atoms with van der Waals surface area (Å²) in [5, 5.41) is 0. The summed E-state index contributed by atoms with van der Waals surface area (Å²) in [7, 11) is 2.32. The van der Waals surface area contributed by atoms with Crippen molar-refractivity contribution in [2.75, 3.05) is 44.7 Å². The van der Waals surface area contributed by atoms with Gasteiger partial charge in [-0.3, -0.25) is 0 Å². The number of piperazine rings is 1. The zero-order chi connectivity index (χ0) is 8.39. The molecule has 2 aliphatic rings. The Morgan fingerprint density at radius 3 is 2.50 bits per heavy atom. The monoisotopic (exact) mass is 188 g/mol. The summed E-state index contributed by atoms with van der Waals surface area (Å²) < 4.78 is 0. The van der Waals surface area contributed by atoms with Gasteiger partial charge < -0.3 is 9.80 Å². The van der Waals surface area contributed by atoms with Gasteiger partial charge in [0.2, 0.25) is 0 Å². The molecule has 12 heavy (non-hydrogen) atoms. The Bertz CT molecular complexity index is 137. The maximum atomic E-state index is 2.32. The molecule has 2 rings (SSSR count). The molecule has 0 unspecified atom stereocenters. The second-order valence-corrected chi connectivity index (χ2v) is 5.33. The van der Waals surface area contributed by atoms with Crippen LogP contribution in [0.25, 0.3) is 0 Å². The van der Waals surface area contributed by atoms with Crippen molar-refractivity contribution in [1.29, 1.82) is 0 Å². The first-order valence-corrected chi connectivity index (χ1v) is 6.25. The third-order valence-corrected chi connectivity index (χ3v) is 4.42. The van der Waals surface area contributed by atoms with Crippen molar-refractivity contribution in [2.24, 2.45) is 0 Å². The van der Waals surface area contributed by atoms with Gasteiger partial charge in [-0.25, -0.2) is 0 Å². The molecule has 0 aromatic carbocycles. The summed E-state index contributed by atoms with van der Waals surface area (Å²) in [5.41, 5.74) is 0. The van der Waals surface area contributed by atoms with Crippen molar-refractivity contribution in [1.82, 2.24) is 0 Å². The lowest BCUT2D eigenvalue weighted by Crippen LogP contribution is -3.28. The van der Waals surface area contributed by atoms with Crippen LogP contribution >= 0.6 is 11.8 Å². The molecule has 2 fully saturated rings. The van der Waals surface area contributed by atoms with Crippen LogP contribution in [0, 0.1) is 0 Å². The Hall–Kier alpha value is 0.270. The third kappa shape index (κ3) is 1.95. The van der Waals surface area contributed by atoms with Crippen molar-refractivity contribution in [3.63, 3.8) is 0 Å². The fourth-order valence-electron chi connectivity index (χ4n) is 2.26. The van der Waals surface area contributed by atoms with E-state index in [1.165, 1.54) is 44.1 Å². The van der Waals surface area contributed by atoms with E-state index in [2.05, 4.69) is 18.8 Å². The van der Waals surface area contributed by atoms with Crippen LogP contribution in [0.4, 0.5) is 0 Å². The Labute approximate surface area is 79.3 Å². The Kier molecular flexibility index (Phi) is 2.94. The van der Waals surface area contributed by atoms with Gasteiger partial charge in [-0.2, -0.15) is 11.8 Å². The van der Waals surface area contributed by atoms with Crippen LogP contribution < -0.4 is 9.80 Å². The van der Waals surface area contributed by atoms with E-state index in [-0.39, 0.29) is 0 Å². The minimum Gasteiger partial charge on any atom is -0.328 e. The summed E-state index contributed by atoms with van der Waals surface area (Å²) in [6, 6.07) is 1.00. The average molecular weight is 188 g/mol. The summed E-state index contributed by atoms with van der Waals surface area (Å²) in [4.78, 5) is 3.62. The largest absolute Gasteiger partial charge is 0.328 e. The van der Waals surface area contributed by atoms with Crippen LogP contribution in [-0.4, -0.2) is 50.8 Å². The number of likely N-dealkylation sites (N-methyl/N-ethyl adjacent to an activating group) is 1. The van der Waals surface area contributed by atoms with E-state index in [4.69, 9.17) is 0 Å². The van der Waals surface area contributed by atoms with Crippen LogP contribution in [0.15, 0.2) is 0 Å². The highest BCUT2D eigenvalue weighted by Crippen LogP contribution is 2.14. The van der Waals surface area contributed by atoms with E-state index in [9.17, 15) is 0 Å². The molecule has 0 aliphatic carbocycles. The summed E-state index contributed by atoms with van der Waals surface area (Å²) >= 11 is 2.15. The van der Waals surface area contributed by atoms with E-state index in [0.717, 1.165) is 6.04 Å². The van der Waals surface area contributed by atoms with Gasteiger partial charge in [0.25, 0.3) is 0 Å². The van der Waals surface area contributed by atoms with Gasteiger partial charge in [0.05, 0.1) is 13.1 Å². The molecule has 0 amide bonds. The number of nitrogens with one attached hydrogen (secondary N) is 2. The van der Waals surface area contributed by atoms with Crippen LogP contribution in [0.2, 0.25) is 0 Å². The van der Waals surface area contributed by atoms with Gasteiger partial charge in [0.1, 0.15) is 26.2 Å². The maximum absolute atomic E-state index is 2.32. The summed E-state index contributed by atoms with van der Waals surface area (Å²) in [6.07, 6.45) is 1.47. The van der Waals surface area contributed by atoms with Gasteiger partial charge in [-0.1, -0.05) is 0 Å². The number of hydrogen-bond acceptors (Lipinski definition) is 1. The first-order valence-electron chi connectivity index (χ1n) is 5.10. The lowest BCUT2D eigenvalue weighted by Gasteiger charge is -2.31. The van der Waals surface area contributed by atoms with Gasteiger partial charge >= 0.3 is 0 Å². The van der Waals surface area contributed by atoms with Crippen molar-refractivity contribution < 1.29 is 9.80 Å². The van der Waals surface area contributed by atoms with Crippen molar-refractivity contribution in [3.05, 3.63) is 0 Å². The molecule has 2 heterocycles. The van der Waals surface area contributed by atoms with Crippen LogP contribution in [0.1, 0.15) is 6.42 Å². The number of quaternary nitrogens is 2. The molecule has 70 valence electrons. The molecule has 0 saturated carbocycles. The van der Waals surface area contributed by atoms with Crippen LogP contribution in [0.3, 0.4) is 0 Å². The second kappa shape index (κ2) is 3.99. The SMILES string of the molecule is C[NH+]1CC[NH+]([C@@H]2CCSC2)CC1. The zero-order valence-corrected chi connectivity index (χ0v) is 8.75. The summed E-state index contributed by atoms with van der Waals surface area (Å²) in [5.74, 6) is 2.84. The number of hydrogen-bond donors (Lipinski definition) is 2. The van der Waals surface area contributed by atoms with E-state index in [0.29, 0.717) is 0 Å². The van der Waals surface area contributed by atoms with E-state index in [1.807, 2.05) is 4.90 Å². The molecule has 2 nitrogen and oxygen atoms in total. The maximum Gasteiger partial charge on any atom is 0.127 e. The quantitative estimate of drug-likeness (QED) is 0.479. The molecule has 0 aromatic rings. The molecule has 1 atom stereocenters. The number of rotatable bonds is 1. The Morgan fingerprint density at radius 1 is 1.17 bits per heavy atom. The minimum absolute atomic E-state index is 1.00. The molecular formula is C9H20N2S+2. The average Bonchev–Trinajstić information content (AvgIpc) is 2.58. The Morgan fingerprint density at radius 2 is 1.92 bits per heavy atom. The molecule has 3 heteroatoms. The first kappa shape index (κ1) is 8.85. The highest BCUT2D eigenvalue weighted by molar-refractivity contribution is 7.99. The lowest BCUT2D eigenvalue weighted by atomic mass is 10.2. The highest BCUT2D eigenvalue weighted by atomic mass is 32.2. The van der Waals surface area contributed by atoms with Gasteiger partial charge in [0, 0.05) is 12.2 Å². The third-order valence-electron chi connectivity index (χ3n) is 3.25. The van der Waals surface area contributed by atoms with Gasteiger partial charge in [-0.15, -0.1) is 0 Å². The van der Waals surface area contributed by atoms with Gasteiger partial charge in [0.15, 0.2) is 0 Å².